The number of nitrogens with one attached hydrogen (secondary N) is 1. The van der Waals surface area contributed by atoms with Gasteiger partial charge in [-0.1, -0.05) is 25.1 Å². The van der Waals surface area contributed by atoms with Gasteiger partial charge < -0.3 is 4.98 Å². The van der Waals surface area contributed by atoms with Crippen molar-refractivity contribution in [2.45, 2.75) is 19.5 Å². The fourth-order valence-electron chi connectivity index (χ4n) is 1.90. The summed E-state index contributed by atoms with van der Waals surface area (Å²) in [6.45, 7) is 1.78. The summed E-state index contributed by atoms with van der Waals surface area (Å²) in [6, 6.07) is 5.20. The second-order valence-corrected chi connectivity index (χ2v) is 3.96. The lowest BCUT2D eigenvalue weighted by atomic mass is 10.0. The summed E-state index contributed by atoms with van der Waals surface area (Å²) in [5.74, 6) is 0.0313. The number of aryl methyl sites for hydroxylation is 1. The lowest BCUT2D eigenvalue weighted by Gasteiger charge is -2.11. The van der Waals surface area contributed by atoms with Crippen LogP contribution >= 0.6 is 0 Å². The summed E-state index contributed by atoms with van der Waals surface area (Å²) in [7, 11) is 0. The molecule has 6 heteroatoms. The number of alkyl halides is 3. The Kier molecular flexibility index (Phi) is 3.42. The Morgan fingerprint density at radius 1 is 1.32 bits per heavy atom. The molecule has 1 N–H and O–H groups in total. The third-order valence-corrected chi connectivity index (χ3v) is 2.75. The van der Waals surface area contributed by atoms with Crippen molar-refractivity contribution in [1.82, 2.24) is 9.97 Å². The third-order valence-electron chi connectivity index (χ3n) is 2.75. The van der Waals surface area contributed by atoms with Gasteiger partial charge in [-0.15, -0.1) is 0 Å². The molecule has 0 saturated heterocycles. The zero-order valence-corrected chi connectivity index (χ0v) is 10.1. The number of halogens is 3. The van der Waals surface area contributed by atoms with E-state index < -0.39 is 11.7 Å². The highest BCUT2D eigenvalue weighted by Crippen LogP contribution is 2.37. The maximum Gasteiger partial charge on any atom is 0.417 e. The molecule has 0 saturated carbocycles. The summed E-state index contributed by atoms with van der Waals surface area (Å²) >= 11 is 0. The van der Waals surface area contributed by atoms with Gasteiger partial charge in [0.05, 0.1) is 11.3 Å². The molecule has 1 aromatic heterocycles. The highest BCUT2D eigenvalue weighted by molar-refractivity contribution is 5.74. The van der Waals surface area contributed by atoms with Crippen LogP contribution in [0.15, 0.2) is 24.3 Å². The number of aldehydes is 1. The lowest BCUT2D eigenvalue weighted by molar-refractivity contribution is -0.137. The molecule has 0 amide bonds. The van der Waals surface area contributed by atoms with E-state index in [0.717, 1.165) is 6.07 Å². The number of aromatic nitrogens is 2. The first-order valence-electron chi connectivity index (χ1n) is 5.68. The number of imidazole rings is 1. The number of aromatic amines is 1. The van der Waals surface area contributed by atoms with Crippen LogP contribution in [0.25, 0.3) is 11.3 Å². The fraction of sp³-hybridized carbons (Fsp3) is 0.231. The van der Waals surface area contributed by atoms with E-state index in [0.29, 0.717) is 18.4 Å². The number of nitrogens with zero attached hydrogens (tertiary/aromatic N) is 1. The van der Waals surface area contributed by atoms with Gasteiger partial charge in [0.1, 0.15) is 0 Å². The maximum absolute atomic E-state index is 13.0. The largest absolute Gasteiger partial charge is 0.417 e. The van der Waals surface area contributed by atoms with Crippen molar-refractivity contribution in [3.8, 4) is 11.3 Å². The molecule has 2 aromatic rings. The van der Waals surface area contributed by atoms with Crippen LogP contribution in [0.2, 0.25) is 0 Å². The van der Waals surface area contributed by atoms with Crippen LogP contribution in [0.4, 0.5) is 13.2 Å². The van der Waals surface area contributed by atoms with Crippen molar-refractivity contribution in [3.05, 3.63) is 41.3 Å². The first-order chi connectivity index (χ1) is 8.97. The van der Waals surface area contributed by atoms with Crippen molar-refractivity contribution in [2.24, 2.45) is 0 Å². The Balaban J connectivity index is 2.65. The van der Waals surface area contributed by atoms with E-state index in [1.807, 2.05) is 0 Å². The van der Waals surface area contributed by atoms with Crippen LogP contribution in [0.3, 0.4) is 0 Å². The smallest absolute Gasteiger partial charge is 0.339 e. The highest BCUT2D eigenvalue weighted by atomic mass is 19.4. The Bertz CT molecular complexity index is 602. The Hall–Kier alpha value is -2.11. The number of carbonyl (C=O) groups is 1. The second kappa shape index (κ2) is 4.87. The number of H-pyrrole nitrogens is 1. The molecule has 3 nitrogen and oxygen atoms in total. The number of rotatable bonds is 3. The minimum Gasteiger partial charge on any atom is -0.339 e. The third kappa shape index (κ3) is 2.52. The van der Waals surface area contributed by atoms with Gasteiger partial charge in [0.2, 0.25) is 0 Å². The average molecular weight is 268 g/mol. The highest BCUT2D eigenvalue weighted by Gasteiger charge is 2.34. The predicted octanol–water partition coefficient (Wildman–Crippen LogP) is 3.47. The Morgan fingerprint density at radius 2 is 2.00 bits per heavy atom. The average Bonchev–Trinajstić information content (AvgIpc) is 2.81. The summed E-state index contributed by atoms with van der Waals surface area (Å²) < 4.78 is 38.9. The van der Waals surface area contributed by atoms with Gasteiger partial charge in [-0.25, -0.2) is 4.98 Å². The molecular formula is C13H11F3N2O. The van der Waals surface area contributed by atoms with Gasteiger partial charge in [0, 0.05) is 11.3 Å². The number of hydrogen-bond acceptors (Lipinski definition) is 2. The monoisotopic (exact) mass is 268 g/mol. The topological polar surface area (TPSA) is 45.8 Å². The Labute approximate surface area is 107 Å². The molecule has 0 radical (unpaired) electrons. The number of carbonyl (C=O) groups excluding carboxylic acids is 1. The van der Waals surface area contributed by atoms with Crippen molar-refractivity contribution < 1.29 is 18.0 Å². The minimum absolute atomic E-state index is 0.0174. The van der Waals surface area contributed by atoms with E-state index in [-0.39, 0.29) is 17.1 Å². The van der Waals surface area contributed by atoms with Crippen LogP contribution in [0.1, 0.15) is 28.8 Å². The maximum atomic E-state index is 13.0. The van der Waals surface area contributed by atoms with Gasteiger partial charge in [-0.05, 0) is 12.5 Å². The van der Waals surface area contributed by atoms with Crippen LogP contribution in [-0.2, 0) is 12.6 Å². The molecule has 19 heavy (non-hydrogen) atoms. The molecule has 0 unspecified atom stereocenters. The van der Waals surface area contributed by atoms with Crippen molar-refractivity contribution in [3.63, 3.8) is 0 Å². The standard InChI is InChI=1S/C13H11F3N2O/c1-2-10-12(18-11(7-19)17-10)8-5-3-4-6-9(8)13(14,15)16/h3-7H,2H2,1H3,(H,17,18). The SMILES string of the molecule is CCc1[nH]c(C=O)nc1-c1ccccc1C(F)(F)F. The van der Waals surface area contributed by atoms with Crippen LogP contribution in [0, 0.1) is 0 Å². The summed E-state index contributed by atoms with van der Waals surface area (Å²) in [5.41, 5.74) is -0.0822. The molecular weight excluding hydrogens is 257 g/mol. The van der Waals surface area contributed by atoms with E-state index in [9.17, 15) is 18.0 Å². The van der Waals surface area contributed by atoms with E-state index in [1.165, 1.54) is 18.2 Å². The number of benzene rings is 1. The molecule has 1 aromatic carbocycles. The normalized spacial score (nSPS) is 11.6. The molecule has 100 valence electrons. The summed E-state index contributed by atoms with van der Waals surface area (Å²) in [6.07, 6.45) is -3.51. The van der Waals surface area contributed by atoms with Crippen molar-refractivity contribution in [2.75, 3.05) is 0 Å². The Morgan fingerprint density at radius 3 is 2.58 bits per heavy atom. The van der Waals surface area contributed by atoms with E-state index in [1.54, 1.807) is 6.92 Å². The number of hydrogen-bond donors (Lipinski definition) is 1. The van der Waals surface area contributed by atoms with Crippen LogP contribution in [0.5, 0.6) is 0 Å². The van der Waals surface area contributed by atoms with Gasteiger partial charge >= 0.3 is 6.18 Å². The molecule has 0 bridgehead atoms. The summed E-state index contributed by atoms with van der Waals surface area (Å²) in [4.78, 5) is 17.3. The molecule has 2 rings (SSSR count). The van der Waals surface area contributed by atoms with Gasteiger partial charge in [0.15, 0.2) is 12.1 Å². The van der Waals surface area contributed by atoms with Crippen LogP contribution < -0.4 is 0 Å². The molecule has 0 aliphatic heterocycles. The zero-order valence-electron chi connectivity index (χ0n) is 10.1. The molecule has 0 aliphatic rings. The molecule has 0 fully saturated rings. The van der Waals surface area contributed by atoms with E-state index in [4.69, 9.17) is 0 Å². The first-order valence-corrected chi connectivity index (χ1v) is 5.68. The molecule has 1 heterocycles. The summed E-state index contributed by atoms with van der Waals surface area (Å²) in [5, 5.41) is 0. The lowest BCUT2D eigenvalue weighted by Crippen LogP contribution is -2.07. The van der Waals surface area contributed by atoms with Crippen molar-refractivity contribution in [1.29, 1.82) is 0 Å². The quantitative estimate of drug-likeness (QED) is 0.866. The van der Waals surface area contributed by atoms with Crippen molar-refractivity contribution >= 4 is 6.29 Å². The van der Waals surface area contributed by atoms with Gasteiger partial charge in [0.25, 0.3) is 0 Å². The molecule has 0 atom stereocenters. The first kappa shape index (κ1) is 13.3. The fourth-order valence-corrected chi connectivity index (χ4v) is 1.90. The second-order valence-electron chi connectivity index (χ2n) is 3.96. The van der Waals surface area contributed by atoms with E-state index in [2.05, 4.69) is 9.97 Å². The molecule has 0 aliphatic carbocycles. The van der Waals surface area contributed by atoms with Gasteiger partial charge in [-0.3, -0.25) is 4.79 Å². The predicted molar refractivity (Wildman–Crippen MR) is 63.8 cm³/mol. The zero-order chi connectivity index (χ0) is 14.0. The van der Waals surface area contributed by atoms with Gasteiger partial charge in [-0.2, -0.15) is 13.2 Å². The van der Waals surface area contributed by atoms with Crippen LogP contribution in [-0.4, -0.2) is 16.3 Å². The van der Waals surface area contributed by atoms with E-state index >= 15 is 0 Å². The molecule has 0 spiro atoms. The minimum atomic E-state index is -4.46.